The molecule has 5 heteroatoms. The number of aliphatic hydroxyl groups excluding tert-OH is 1. The fourth-order valence-corrected chi connectivity index (χ4v) is 1.70. The van der Waals surface area contributed by atoms with Gasteiger partial charge in [0.25, 0.3) is 0 Å². The molecule has 0 aliphatic carbocycles. The SMILES string of the molecule is COC(=O)c1ccc(CNCC(C)(C)CCO)[nH]1. The second-order valence-corrected chi connectivity index (χ2v) is 5.13. The number of methoxy groups -OCH3 is 1. The average Bonchev–Trinajstić information content (AvgIpc) is 2.76. The molecule has 3 N–H and O–H groups in total. The molecule has 0 aliphatic heterocycles. The Morgan fingerprint density at radius 3 is 2.83 bits per heavy atom. The number of ether oxygens (including phenoxy) is 1. The van der Waals surface area contributed by atoms with E-state index >= 15 is 0 Å². The van der Waals surface area contributed by atoms with Crippen molar-refractivity contribution in [2.24, 2.45) is 5.41 Å². The Balaban J connectivity index is 2.40. The lowest BCUT2D eigenvalue weighted by atomic mass is 9.90. The number of hydrogen-bond donors (Lipinski definition) is 3. The Hall–Kier alpha value is -1.33. The highest BCUT2D eigenvalue weighted by atomic mass is 16.5. The molecule has 0 unspecified atom stereocenters. The van der Waals surface area contributed by atoms with E-state index in [2.05, 4.69) is 28.9 Å². The molecule has 0 spiro atoms. The highest BCUT2D eigenvalue weighted by Crippen LogP contribution is 2.18. The third-order valence-corrected chi connectivity index (χ3v) is 2.86. The summed E-state index contributed by atoms with van der Waals surface area (Å²) in [7, 11) is 1.36. The van der Waals surface area contributed by atoms with Crippen LogP contribution < -0.4 is 5.32 Å². The second kappa shape index (κ2) is 6.56. The lowest BCUT2D eigenvalue weighted by Gasteiger charge is -2.23. The van der Waals surface area contributed by atoms with Gasteiger partial charge in [-0.3, -0.25) is 0 Å². The molecule has 0 radical (unpaired) electrons. The number of carbonyl (C=O) groups excluding carboxylic acids is 1. The Bertz CT molecular complexity index is 385. The van der Waals surface area contributed by atoms with Crippen molar-refractivity contribution in [2.75, 3.05) is 20.3 Å². The van der Waals surface area contributed by atoms with Crippen LogP contribution in [0.4, 0.5) is 0 Å². The lowest BCUT2D eigenvalue weighted by Crippen LogP contribution is -2.30. The van der Waals surface area contributed by atoms with Crippen molar-refractivity contribution in [3.05, 3.63) is 23.5 Å². The molecule has 1 aromatic rings. The number of aromatic amines is 1. The molecule has 0 aromatic carbocycles. The van der Waals surface area contributed by atoms with Crippen LogP contribution in [0.3, 0.4) is 0 Å². The molecular formula is C13H22N2O3. The van der Waals surface area contributed by atoms with Gasteiger partial charge in [0, 0.05) is 25.4 Å². The van der Waals surface area contributed by atoms with E-state index in [4.69, 9.17) is 5.11 Å². The molecule has 0 saturated carbocycles. The van der Waals surface area contributed by atoms with E-state index in [1.807, 2.05) is 6.07 Å². The zero-order valence-corrected chi connectivity index (χ0v) is 11.2. The average molecular weight is 254 g/mol. The van der Waals surface area contributed by atoms with Gasteiger partial charge in [-0.05, 0) is 24.0 Å². The van der Waals surface area contributed by atoms with E-state index in [1.165, 1.54) is 7.11 Å². The molecule has 0 saturated heterocycles. The fraction of sp³-hybridized carbons (Fsp3) is 0.615. The Morgan fingerprint density at radius 2 is 2.22 bits per heavy atom. The number of nitrogens with one attached hydrogen (secondary N) is 2. The first-order chi connectivity index (χ1) is 8.48. The van der Waals surface area contributed by atoms with E-state index < -0.39 is 0 Å². The number of hydrogen-bond acceptors (Lipinski definition) is 4. The molecule has 0 bridgehead atoms. The maximum absolute atomic E-state index is 11.2. The summed E-state index contributed by atoms with van der Waals surface area (Å²) in [4.78, 5) is 14.2. The highest BCUT2D eigenvalue weighted by molar-refractivity contribution is 5.87. The minimum absolute atomic E-state index is 0.0620. The summed E-state index contributed by atoms with van der Waals surface area (Å²) in [6.45, 7) is 5.87. The van der Waals surface area contributed by atoms with Gasteiger partial charge in [0.05, 0.1) is 7.11 Å². The number of H-pyrrole nitrogens is 1. The molecule has 18 heavy (non-hydrogen) atoms. The summed E-state index contributed by atoms with van der Waals surface area (Å²) in [5, 5.41) is 12.2. The number of carbonyl (C=O) groups is 1. The molecule has 1 aromatic heterocycles. The third-order valence-electron chi connectivity index (χ3n) is 2.86. The Kier molecular flexibility index (Phi) is 5.37. The maximum atomic E-state index is 11.2. The van der Waals surface area contributed by atoms with Crippen molar-refractivity contribution in [3.63, 3.8) is 0 Å². The van der Waals surface area contributed by atoms with Gasteiger partial charge < -0.3 is 20.1 Å². The standard InChI is InChI=1S/C13H22N2O3/c1-13(2,6-7-16)9-14-8-10-4-5-11(15-10)12(17)18-3/h4-5,14-16H,6-9H2,1-3H3. The van der Waals surface area contributed by atoms with E-state index in [0.29, 0.717) is 12.2 Å². The minimum atomic E-state index is -0.359. The van der Waals surface area contributed by atoms with Crippen LogP contribution in [0.1, 0.15) is 36.5 Å². The summed E-state index contributed by atoms with van der Waals surface area (Å²) in [5.74, 6) is -0.359. The molecule has 1 heterocycles. The summed E-state index contributed by atoms with van der Waals surface area (Å²) in [6.07, 6.45) is 0.762. The molecule has 0 atom stereocenters. The van der Waals surface area contributed by atoms with Gasteiger partial charge in [-0.25, -0.2) is 4.79 Å². The molecular weight excluding hydrogens is 232 g/mol. The third kappa shape index (κ3) is 4.50. The van der Waals surface area contributed by atoms with Crippen LogP contribution in [0, 0.1) is 5.41 Å². The van der Waals surface area contributed by atoms with Gasteiger partial charge in [-0.2, -0.15) is 0 Å². The first kappa shape index (κ1) is 14.7. The van der Waals surface area contributed by atoms with Crippen LogP contribution in [0.25, 0.3) is 0 Å². The summed E-state index contributed by atoms with van der Waals surface area (Å²) in [6, 6.07) is 3.57. The summed E-state index contributed by atoms with van der Waals surface area (Å²) >= 11 is 0. The van der Waals surface area contributed by atoms with E-state index in [1.54, 1.807) is 6.07 Å². The topological polar surface area (TPSA) is 74.3 Å². The van der Waals surface area contributed by atoms with Crippen LogP contribution in [0.15, 0.2) is 12.1 Å². The van der Waals surface area contributed by atoms with Crippen molar-refractivity contribution in [2.45, 2.75) is 26.8 Å². The Morgan fingerprint density at radius 1 is 1.50 bits per heavy atom. The molecule has 102 valence electrons. The summed E-state index contributed by atoms with van der Waals surface area (Å²) < 4.78 is 4.62. The predicted octanol–water partition coefficient (Wildman–Crippen LogP) is 1.30. The van der Waals surface area contributed by atoms with Crippen LogP contribution in [-0.2, 0) is 11.3 Å². The summed E-state index contributed by atoms with van der Waals surface area (Å²) in [5.41, 5.74) is 1.46. The number of rotatable bonds is 7. The van der Waals surface area contributed by atoms with Crippen molar-refractivity contribution in [3.8, 4) is 0 Å². The Labute approximate surface area is 108 Å². The van der Waals surface area contributed by atoms with Crippen LogP contribution in [-0.4, -0.2) is 36.3 Å². The van der Waals surface area contributed by atoms with Gasteiger partial charge in [0.2, 0.25) is 0 Å². The zero-order valence-electron chi connectivity index (χ0n) is 11.2. The molecule has 1 rings (SSSR count). The fourth-order valence-electron chi connectivity index (χ4n) is 1.70. The number of esters is 1. The monoisotopic (exact) mass is 254 g/mol. The van der Waals surface area contributed by atoms with Crippen molar-refractivity contribution in [1.29, 1.82) is 0 Å². The maximum Gasteiger partial charge on any atom is 0.354 e. The zero-order chi connectivity index (χ0) is 13.6. The van der Waals surface area contributed by atoms with Gasteiger partial charge in [0.15, 0.2) is 0 Å². The predicted molar refractivity (Wildman–Crippen MR) is 69.3 cm³/mol. The molecule has 5 nitrogen and oxygen atoms in total. The van der Waals surface area contributed by atoms with Gasteiger partial charge in [0.1, 0.15) is 5.69 Å². The molecule has 0 amide bonds. The smallest absolute Gasteiger partial charge is 0.354 e. The number of aromatic nitrogens is 1. The first-order valence-electron chi connectivity index (χ1n) is 6.06. The molecule has 0 aliphatic rings. The van der Waals surface area contributed by atoms with Crippen LogP contribution >= 0.6 is 0 Å². The van der Waals surface area contributed by atoms with Gasteiger partial charge in [-0.1, -0.05) is 13.8 Å². The minimum Gasteiger partial charge on any atom is -0.464 e. The van der Waals surface area contributed by atoms with Gasteiger partial charge in [-0.15, -0.1) is 0 Å². The van der Waals surface area contributed by atoms with Crippen molar-refractivity contribution in [1.82, 2.24) is 10.3 Å². The second-order valence-electron chi connectivity index (χ2n) is 5.13. The first-order valence-corrected chi connectivity index (χ1v) is 6.06. The normalized spacial score (nSPS) is 11.6. The van der Waals surface area contributed by atoms with Crippen molar-refractivity contribution >= 4 is 5.97 Å². The largest absolute Gasteiger partial charge is 0.464 e. The van der Waals surface area contributed by atoms with E-state index in [9.17, 15) is 4.79 Å². The highest BCUT2D eigenvalue weighted by Gasteiger charge is 2.16. The van der Waals surface area contributed by atoms with Crippen LogP contribution in [0.2, 0.25) is 0 Å². The van der Waals surface area contributed by atoms with Gasteiger partial charge >= 0.3 is 5.97 Å². The van der Waals surface area contributed by atoms with E-state index in [0.717, 1.165) is 18.7 Å². The molecule has 0 fully saturated rings. The van der Waals surface area contributed by atoms with Crippen molar-refractivity contribution < 1.29 is 14.6 Å². The number of aliphatic hydroxyl groups is 1. The van der Waals surface area contributed by atoms with Crippen LogP contribution in [0.5, 0.6) is 0 Å². The van der Waals surface area contributed by atoms with E-state index in [-0.39, 0.29) is 18.0 Å². The quantitative estimate of drug-likeness (QED) is 0.641. The lowest BCUT2D eigenvalue weighted by molar-refractivity contribution is 0.0594.